The number of nitrogens with zero attached hydrogens (tertiary/aromatic N) is 1. The summed E-state index contributed by atoms with van der Waals surface area (Å²) in [5, 5.41) is 0. The van der Waals surface area contributed by atoms with Gasteiger partial charge in [-0.05, 0) is 43.0 Å². The van der Waals surface area contributed by atoms with E-state index in [0.717, 1.165) is 28.7 Å². The van der Waals surface area contributed by atoms with Crippen molar-refractivity contribution in [3.63, 3.8) is 0 Å². The molecule has 22 heavy (non-hydrogen) atoms. The largest absolute Gasteiger partial charge is 0.404 e. The molecule has 120 valence electrons. The highest BCUT2D eigenvalue weighted by atomic mass is 19.4. The Hall–Kier alpha value is -1.55. The Morgan fingerprint density at radius 3 is 2.41 bits per heavy atom. The Labute approximate surface area is 130 Å². The fraction of sp³-hybridized carbons (Fsp3) is 0.444. The Kier molecular flexibility index (Phi) is 5.12. The predicted molar refractivity (Wildman–Crippen MR) is 85.5 cm³/mol. The van der Waals surface area contributed by atoms with Crippen LogP contribution in [0.3, 0.4) is 0 Å². The Bertz CT molecular complexity index is 560. The van der Waals surface area contributed by atoms with Crippen molar-refractivity contribution in [2.45, 2.75) is 38.4 Å². The monoisotopic (exact) mass is 309 g/mol. The molecule has 0 amide bonds. The Morgan fingerprint density at radius 2 is 1.82 bits per heavy atom. The molecule has 0 saturated carbocycles. The van der Waals surface area contributed by atoms with Crippen LogP contribution in [-0.4, -0.2) is 30.2 Å². The molecule has 2 rings (SSSR count). The normalized spacial score (nSPS) is 19.9. The third kappa shape index (κ3) is 3.80. The van der Waals surface area contributed by atoms with Crippen molar-refractivity contribution in [1.82, 2.24) is 4.90 Å². The first-order valence-corrected chi connectivity index (χ1v) is 7.54. The molecule has 1 atom stereocenters. The maximum atomic E-state index is 13.2. The molecule has 1 fully saturated rings. The molecule has 0 bridgehead atoms. The van der Waals surface area contributed by atoms with Gasteiger partial charge in [0.1, 0.15) is 6.04 Å². The minimum atomic E-state index is -4.17. The molecule has 1 aromatic rings. The minimum absolute atomic E-state index is 0.179. The Balaban J connectivity index is 2.19. The van der Waals surface area contributed by atoms with Crippen LogP contribution in [0.5, 0.6) is 0 Å². The van der Waals surface area contributed by atoms with Gasteiger partial charge in [0.05, 0.1) is 0 Å². The van der Waals surface area contributed by atoms with Gasteiger partial charge in [0.2, 0.25) is 0 Å². The summed E-state index contributed by atoms with van der Waals surface area (Å²) in [5.41, 5.74) is 3.45. The summed E-state index contributed by atoms with van der Waals surface area (Å²) in [6, 6.07) is 6.26. The van der Waals surface area contributed by atoms with Crippen LogP contribution in [0, 0.1) is 0 Å². The second-order valence-corrected chi connectivity index (χ2v) is 5.95. The number of alkyl halides is 3. The molecule has 1 aliphatic heterocycles. The van der Waals surface area contributed by atoms with E-state index in [4.69, 9.17) is 0 Å². The number of likely N-dealkylation sites (tertiary alicyclic amines) is 1. The standard InChI is InChI=1S/C18H22F3N/c1-13(2)15-8-4-5-9-16(15)14(3)12-22-11-7-6-10-17(22)18(19,20)21/h4-5,8-9,17H,1,3,6-7,10-12H2,2H3. The van der Waals surface area contributed by atoms with E-state index in [0.29, 0.717) is 13.0 Å². The van der Waals surface area contributed by atoms with Crippen LogP contribution in [-0.2, 0) is 0 Å². The number of hydrogen-bond acceptors (Lipinski definition) is 1. The number of hydrogen-bond donors (Lipinski definition) is 0. The van der Waals surface area contributed by atoms with Gasteiger partial charge in [0, 0.05) is 6.54 Å². The molecule has 0 radical (unpaired) electrons. The fourth-order valence-corrected chi connectivity index (χ4v) is 3.04. The molecule has 1 aliphatic rings. The van der Waals surface area contributed by atoms with Crippen LogP contribution in [0.2, 0.25) is 0 Å². The van der Waals surface area contributed by atoms with Crippen molar-refractivity contribution in [2.24, 2.45) is 0 Å². The van der Waals surface area contributed by atoms with Crippen LogP contribution in [0.15, 0.2) is 37.4 Å². The molecule has 0 spiro atoms. The van der Waals surface area contributed by atoms with Crippen molar-refractivity contribution in [3.8, 4) is 0 Å². The lowest BCUT2D eigenvalue weighted by Crippen LogP contribution is -2.49. The van der Waals surface area contributed by atoms with Gasteiger partial charge < -0.3 is 0 Å². The summed E-state index contributed by atoms with van der Waals surface area (Å²) in [6.45, 7) is 10.6. The maximum Gasteiger partial charge on any atom is 0.404 e. The number of benzene rings is 1. The van der Waals surface area contributed by atoms with Crippen LogP contribution in [0.4, 0.5) is 13.2 Å². The lowest BCUT2D eigenvalue weighted by atomic mass is 9.94. The van der Waals surface area contributed by atoms with Crippen LogP contribution < -0.4 is 0 Å². The van der Waals surface area contributed by atoms with E-state index in [-0.39, 0.29) is 13.0 Å². The molecule has 1 aromatic carbocycles. The smallest absolute Gasteiger partial charge is 0.288 e. The second-order valence-electron chi connectivity index (χ2n) is 5.95. The van der Waals surface area contributed by atoms with Gasteiger partial charge in [-0.25, -0.2) is 0 Å². The summed E-state index contributed by atoms with van der Waals surface area (Å²) >= 11 is 0. The van der Waals surface area contributed by atoms with Crippen molar-refractivity contribution in [2.75, 3.05) is 13.1 Å². The molecule has 1 heterocycles. The Morgan fingerprint density at radius 1 is 1.18 bits per heavy atom. The fourth-order valence-electron chi connectivity index (χ4n) is 3.04. The highest BCUT2D eigenvalue weighted by Gasteiger charge is 2.44. The average Bonchev–Trinajstić information content (AvgIpc) is 2.46. The van der Waals surface area contributed by atoms with E-state index >= 15 is 0 Å². The molecule has 0 N–H and O–H groups in total. The first-order chi connectivity index (χ1) is 10.3. The van der Waals surface area contributed by atoms with Crippen LogP contribution in [0.1, 0.15) is 37.3 Å². The van der Waals surface area contributed by atoms with E-state index in [1.165, 1.54) is 4.90 Å². The summed E-state index contributed by atoms with van der Waals surface area (Å²) in [6.07, 6.45) is -2.55. The lowest BCUT2D eigenvalue weighted by molar-refractivity contribution is -0.189. The molecular weight excluding hydrogens is 287 g/mol. The topological polar surface area (TPSA) is 3.24 Å². The van der Waals surface area contributed by atoms with E-state index < -0.39 is 12.2 Å². The molecule has 1 saturated heterocycles. The lowest BCUT2D eigenvalue weighted by Gasteiger charge is -2.37. The van der Waals surface area contributed by atoms with Gasteiger partial charge in [0.15, 0.2) is 0 Å². The summed E-state index contributed by atoms with van der Waals surface area (Å²) in [5.74, 6) is 0. The van der Waals surface area contributed by atoms with Gasteiger partial charge in [-0.1, -0.05) is 49.4 Å². The molecule has 0 aliphatic carbocycles. The molecule has 0 aromatic heterocycles. The zero-order valence-corrected chi connectivity index (χ0v) is 12.9. The third-order valence-corrected chi connectivity index (χ3v) is 4.15. The van der Waals surface area contributed by atoms with Gasteiger partial charge >= 0.3 is 6.18 Å². The van der Waals surface area contributed by atoms with Crippen molar-refractivity contribution < 1.29 is 13.2 Å². The number of rotatable bonds is 4. The van der Waals surface area contributed by atoms with Gasteiger partial charge in [-0.15, -0.1) is 0 Å². The zero-order chi connectivity index (χ0) is 16.3. The summed E-state index contributed by atoms with van der Waals surface area (Å²) < 4.78 is 39.5. The van der Waals surface area contributed by atoms with Gasteiger partial charge in [-0.3, -0.25) is 4.90 Å². The predicted octanol–water partition coefficient (Wildman–Crippen LogP) is 5.15. The summed E-state index contributed by atoms with van der Waals surface area (Å²) in [7, 11) is 0. The van der Waals surface area contributed by atoms with Crippen molar-refractivity contribution >= 4 is 11.1 Å². The first-order valence-electron chi connectivity index (χ1n) is 7.54. The third-order valence-electron chi connectivity index (χ3n) is 4.15. The average molecular weight is 309 g/mol. The van der Waals surface area contributed by atoms with E-state index in [2.05, 4.69) is 13.2 Å². The minimum Gasteiger partial charge on any atom is -0.288 e. The number of piperidine rings is 1. The van der Waals surface area contributed by atoms with Crippen molar-refractivity contribution in [3.05, 3.63) is 48.6 Å². The maximum absolute atomic E-state index is 13.2. The van der Waals surface area contributed by atoms with Crippen LogP contribution in [0.25, 0.3) is 11.1 Å². The van der Waals surface area contributed by atoms with Crippen molar-refractivity contribution in [1.29, 1.82) is 0 Å². The number of halogens is 3. The first kappa shape index (κ1) is 16.8. The highest BCUT2D eigenvalue weighted by molar-refractivity contribution is 5.77. The second kappa shape index (κ2) is 6.69. The van der Waals surface area contributed by atoms with Crippen LogP contribution >= 0.6 is 0 Å². The SMILES string of the molecule is C=C(C)c1ccccc1C(=C)CN1CCCCC1C(F)(F)F. The van der Waals surface area contributed by atoms with E-state index in [1.54, 1.807) is 0 Å². The summed E-state index contributed by atoms with van der Waals surface area (Å²) in [4.78, 5) is 1.51. The van der Waals surface area contributed by atoms with E-state index in [1.807, 2.05) is 31.2 Å². The molecule has 1 nitrogen and oxygen atoms in total. The quantitative estimate of drug-likeness (QED) is 0.743. The zero-order valence-electron chi connectivity index (χ0n) is 12.9. The van der Waals surface area contributed by atoms with E-state index in [9.17, 15) is 13.2 Å². The number of allylic oxidation sites excluding steroid dienone is 1. The molecular formula is C18H22F3N. The molecule has 1 unspecified atom stereocenters. The highest BCUT2D eigenvalue weighted by Crippen LogP contribution is 2.33. The van der Waals surface area contributed by atoms with Gasteiger partial charge in [-0.2, -0.15) is 13.2 Å². The molecule has 4 heteroatoms. The van der Waals surface area contributed by atoms with Gasteiger partial charge in [0.25, 0.3) is 0 Å².